The number of amides is 2. The highest BCUT2D eigenvalue weighted by Crippen LogP contribution is 2.33. The Labute approximate surface area is 149 Å². The van der Waals surface area contributed by atoms with Crippen LogP contribution in [-0.4, -0.2) is 23.9 Å². The molecule has 3 unspecified atom stereocenters. The Balaban J connectivity index is 0.00000208. The molecule has 0 radical (unpaired) electrons. The number of halogens is 1. The molecular weight excluding hydrogens is 326 g/mol. The van der Waals surface area contributed by atoms with Crippen molar-refractivity contribution in [3.05, 3.63) is 23.8 Å². The summed E-state index contributed by atoms with van der Waals surface area (Å²) in [5.74, 6) is 0.562. The molecule has 1 aliphatic heterocycles. The van der Waals surface area contributed by atoms with Crippen molar-refractivity contribution in [1.29, 1.82) is 0 Å². The number of benzene rings is 1. The second-order valence-corrected chi connectivity index (χ2v) is 6.75. The highest BCUT2D eigenvalue weighted by atomic mass is 35.5. The zero-order valence-electron chi connectivity index (χ0n) is 14.2. The lowest BCUT2D eigenvalue weighted by atomic mass is 9.85. The van der Waals surface area contributed by atoms with E-state index in [2.05, 4.69) is 16.0 Å². The third-order valence-corrected chi connectivity index (χ3v) is 5.08. The van der Waals surface area contributed by atoms with Crippen LogP contribution in [0.2, 0.25) is 0 Å². The molecule has 3 N–H and O–H groups in total. The fourth-order valence-corrected chi connectivity index (χ4v) is 3.84. The van der Waals surface area contributed by atoms with E-state index in [1.54, 1.807) is 0 Å². The summed E-state index contributed by atoms with van der Waals surface area (Å²) in [7, 11) is 0. The minimum absolute atomic E-state index is 0. The number of hydrogen-bond acceptors (Lipinski definition) is 3. The van der Waals surface area contributed by atoms with Gasteiger partial charge < -0.3 is 16.0 Å². The van der Waals surface area contributed by atoms with Crippen LogP contribution in [0.1, 0.15) is 44.6 Å². The van der Waals surface area contributed by atoms with Gasteiger partial charge in [0.05, 0.1) is 6.04 Å². The van der Waals surface area contributed by atoms with Gasteiger partial charge in [-0.2, -0.15) is 0 Å². The molecular formula is C18H26ClN3O2. The maximum absolute atomic E-state index is 12.6. The maximum Gasteiger partial charge on any atom is 0.241 e. The number of hydrogen-bond donors (Lipinski definition) is 3. The van der Waals surface area contributed by atoms with E-state index >= 15 is 0 Å². The van der Waals surface area contributed by atoms with Gasteiger partial charge in [-0.05, 0) is 49.8 Å². The molecule has 1 aliphatic carbocycles. The minimum atomic E-state index is -0.113. The average Bonchev–Trinajstić information content (AvgIpc) is 2.95. The van der Waals surface area contributed by atoms with Crippen molar-refractivity contribution in [2.45, 2.75) is 58.0 Å². The predicted octanol–water partition coefficient (Wildman–Crippen LogP) is 3.23. The Morgan fingerprint density at radius 3 is 2.46 bits per heavy atom. The molecule has 0 aromatic heterocycles. The lowest BCUT2D eigenvalue weighted by Gasteiger charge is -2.24. The smallest absolute Gasteiger partial charge is 0.241 e. The molecule has 132 valence electrons. The van der Waals surface area contributed by atoms with Crippen LogP contribution in [0.3, 0.4) is 0 Å². The van der Waals surface area contributed by atoms with Crippen LogP contribution < -0.4 is 16.0 Å². The first-order chi connectivity index (χ1) is 11.0. The molecule has 2 amide bonds. The van der Waals surface area contributed by atoms with Gasteiger partial charge >= 0.3 is 0 Å². The molecule has 3 rings (SSSR count). The van der Waals surface area contributed by atoms with E-state index in [1.165, 1.54) is 32.6 Å². The number of carbonyl (C=O) groups excluding carboxylic acids is 2. The number of anilines is 2. The number of nitrogens with one attached hydrogen (secondary N) is 3. The lowest BCUT2D eigenvalue weighted by Crippen LogP contribution is -2.40. The Morgan fingerprint density at radius 2 is 1.79 bits per heavy atom. The highest BCUT2D eigenvalue weighted by Gasteiger charge is 2.38. The fraction of sp³-hybridized carbons (Fsp3) is 0.556. The SMILES string of the molecule is CC(=O)Nc1cccc(NC(=O)C2CC3CCCCC3N2)c1C.Cl. The van der Waals surface area contributed by atoms with E-state index < -0.39 is 0 Å². The molecule has 0 bridgehead atoms. The Bertz CT molecular complexity index is 606. The van der Waals surface area contributed by atoms with E-state index in [4.69, 9.17) is 0 Å². The van der Waals surface area contributed by atoms with Gasteiger partial charge in [-0.1, -0.05) is 18.9 Å². The predicted molar refractivity (Wildman–Crippen MR) is 98.6 cm³/mol. The van der Waals surface area contributed by atoms with Crippen molar-refractivity contribution in [3.63, 3.8) is 0 Å². The molecule has 1 saturated carbocycles. The van der Waals surface area contributed by atoms with Crippen molar-refractivity contribution in [1.82, 2.24) is 5.32 Å². The van der Waals surface area contributed by atoms with Crippen LogP contribution in [0.5, 0.6) is 0 Å². The zero-order valence-corrected chi connectivity index (χ0v) is 15.0. The highest BCUT2D eigenvalue weighted by molar-refractivity contribution is 5.97. The first-order valence-electron chi connectivity index (χ1n) is 8.48. The van der Waals surface area contributed by atoms with Gasteiger partial charge in [0.15, 0.2) is 0 Å². The summed E-state index contributed by atoms with van der Waals surface area (Å²) in [5, 5.41) is 9.31. The van der Waals surface area contributed by atoms with E-state index in [1.807, 2.05) is 25.1 Å². The maximum atomic E-state index is 12.6. The third-order valence-electron chi connectivity index (χ3n) is 5.08. The van der Waals surface area contributed by atoms with E-state index in [9.17, 15) is 9.59 Å². The van der Waals surface area contributed by atoms with Crippen LogP contribution in [0.15, 0.2) is 18.2 Å². The summed E-state index contributed by atoms with van der Waals surface area (Å²) in [6, 6.07) is 5.96. The molecule has 2 aliphatic rings. The average molecular weight is 352 g/mol. The molecule has 1 aromatic rings. The lowest BCUT2D eigenvalue weighted by molar-refractivity contribution is -0.118. The summed E-state index contributed by atoms with van der Waals surface area (Å²) < 4.78 is 0. The molecule has 2 fully saturated rings. The van der Waals surface area contributed by atoms with Crippen LogP contribution in [0, 0.1) is 12.8 Å². The van der Waals surface area contributed by atoms with E-state index in [0.29, 0.717) is 12.0 Å². The molecule has 1 aromatic carbocycles. The van der Waals surface area contributed by atoms with Crippen molar-refractivity contribution < 1.29 is 9.59 Å². The molecule has 1 saturated heterocycles. The summed E-state index contributed by atoms with van der Waals surface area (Å²) in [6.45, 7) is 3.39. The van der Waals surface area contributed by atoms with Crippen LogP contribution in [0.4, 0.5) is 11.4 Å². The van der Waals surface area contributed by atoms with Crippen LogP contribution in [-0.2, 0) is 9.59 Å². The molecule has 0 spiro atoms. The summed E-state index contributed by atoms with van der Waals surface area (Å²) >= 11 is 0. The second-order valence-electron chi connectivity index (χ2n) is 6.75. The van der Waals surface area contributed by atoms with Gasteiger partial charge in [0.2, 0.25) is 11.8 Å². The van der Waals surface area contributed by atoms with Gasteiger partial charge in [0.1, 0.15) is 0 Å². The number of carbonyl (C=O) groups is 2. The monoisotopic (exact) mass is 351 g/mol. The molecule has 5 nitrogen and oxygen atoms in total. The van der Waals surface area contributed by atoms with Gasteiger partial charge in [0.25, 0.3) is 0 Å². The third kappa shape index (κ3) is 4.08. The molecule has 1 heterocycles. The fourth-order valence-electron chi connectivity index (χ4n) is 3.84. The van der Waals surface area contributed by atoms with Gasteiger partial charge in [-0.15, -0.1) is 12.4 Å². The minimum Gasteiger partial charge on any atom is -0.326 e. The molecule has 3 atom stereocenters. The standard InChI is InChI=1S/C18H25N3O2.ClH/c1-11-14(19-12(2)22)8-5-9-15(11)21-18(23)17-10-13-6-3-4-7-16(13)20-17;/h5,8-9,13,16-17,20H,3-4,6-7,10H2,1-2H3,(H,19,22)(H,21,23);1H. The quantitative estimate of drug-likeness (QED) is 0.783. The summed E-state index contributed by atoms with van der Waals surface area (Å²) in [6.07, 6.45) is 5.90. The normalized spacial score (nSPS) is 25.3. The second kappa shape index (κ2) is 7.99. The molecule has 24 heavy (non-hydrogen) atoms. The van der Waals surface area contributed by atoms with Crippen molar-refractivity contribution >= 4 is 35.6 Å². The number of fused-ring (bicyclic) bond motifs is 1. The first kappa shape index (κ1) is 18.7. The summed E-state index contributed by atoms with van der Waals surface area (Å²) in [4.78, 5) is 23.8. The van der Waals surface area contributed by atoms with Gasteiger partial charge in [-0.25, -0.2) is 0 Å². The van der Waals surface area contributed by atoms with Crippen molar-refractivity contribution in [2.75, 3.05) is 10.6 Å². The Kier molecular flexibility index (Phi) is 6.24. The Hall–Kier alpha value is -1.59. The van der Waals surface area contributed by atoms with Crippen molar-refractivity contribution in [3.8, 4) is 0 Å². The van der Waals surface area contributed by atoms with Crippen molar-refractivity contribution in [2.24, 2.45) is 5.92 Å². The van der Waals surface area contributed by atoms with Gasteiger partial charge in [0, 0.05) is 24.3 Å². The molecule has 6 heteroatoms. The largest absolute Gasteiger partial charge is 0.326 e. The zero-order chi connectivity index (χ0) is 16.4. The van der Waals surface area contributed by atoms with Gasteiger partial charge in [-0.3, -0.25) is 9.59 Å². The van der Waals surface area contributed by atoms with Crippen LogP contribution >= 0.6 is 12.4 Å². The van der Waals surface area contributed by atoms with Crippen LogP contribution in [0.25, 0.3) is 0 Å². The Morgan fingerprint density at radius 1 is 1.12 bits per heavy atom. The topological polar surface area (TPSA) is 70.2 Å². The van der Waals surface area contributed by atoms with E-state index in [0.717, 1.165) is 23.4 Å². The van der Waals surface area contributed by atoms with E-state index in [-0.39, 0.29) is 30.3 Å². The number of rotatable bonds is 3. The first-order valence-corrected chi connectivity index (χ1v) is 8.48. The summed E-state index contributed by atoms with van der Waals surface area (Å²) in [5.41, 5.74) is 2.38.